The lowest BCUT2D eigenvalue weighted by Gasteiger charge is -2.16. The predicted octanol–water partition coefficient (Wildman–Crippen LogP) is 2.57. The van der Waals surface area contributed by atoms with Gasteiger partial charge in [-0.1, -0.05) is 6.92 Å². The monoisotopic (exact) mass is 400 g/mol. The van der Waals surface area contributed by atoms with Gasteiger partial charge < -0.3 is 19.4 Å². The summed E-state index contributed by atoms with van der Waals surface area (Å²) in [5.41, 5.74) is 0.607. The molecule has 0 radical (unpaired) electrons. The molecule has 156 valence electrons. The minimum atomic E-state index is -0.330. The van der Waals surface area contributed by atoms with Crippen molar-refractivity contribution in [1.82, 2.24) is 20.1 Å². The topological polar surface area (TPSA) is 97.4 Å². The van der Waals surface area contributed by atoms with Crippen molar-refractivity contribution in [2.45, 2.75) is 52.1 Å². The highest BCUT2D eigenvalue weighted by Crippen LogP contribution is 2.32. The Morgan fingerprint density at radius 2 is 2.00 bits per heavy atom. The standard InChI is InChI=1S/C21H28N4O4/c1-4-14(2)29-17-9-7-15(13-18(17)28-3)20-22-21(27)16(23-24-20)8-10-19(26)25-11-5-6-12-25/h7,9,13-14H,4-6,8,10-12H2,1-3H3,(H,22,24,27). The van der Waals surface area contributed by atoms with Crippen molar-refractivity contribution >= 4 is 5.91 Å². The number of methoxy groups -OCH3 is 1. The molecule has 0 bridgehead atoms. The summed E-state index contributed by atoms with van der Waals surface area (Å²) in [5.74, 6) is 1.61. The molecule has 8 heteroatoms. The van der Waals surface area contributed by atoms with Crippen LogP contribution in [0.25, 0.3) is 11.4 Å². The molecule has 3 rings (SSSR count). The van der Waals surface area contributed by atoms with Crippen LogP contribution in [0.5, 0.6) is 11.5 Å². The molecule has 1 aliphatic heterocycles. The first kappa shape index (κ1) is 20.8. The van der Waals surface area contributed by atoms with Gasteiger partial charge in [-0.05, 0) is 44.4 Å². The van der Waals surface area contributed by atoms with E-state index in [1.54, 1.807) is 25.3 Å². The van der Waals surface area contributed by atoms with Crippen LogP contribution in [0.4, 0.5) is 0 Å². The van der Waals surface area contributed by atoms with E-state index in [9.17, 15) is 9.59 Å². The Morgan fingerprint density at radius 1 is 1.24 bits per heavy atom. The number of ether oxygens (including phenoxy) is 2. The van der Waals surface area contributed by atoms with Crippen molar-refractivity contribution in [2.75, 3.05) is 20.2 Å². The van der Waals surface area contributed by atoms with E-state index < -0.39 is 0 Å². The highest BCUT2D eigenvalue weighted by atomic mass is 16.5. The van der Waals surface area contributed by atoms with E-state index in [1.807, 2.05) is 18.7 Å². The molecule has 8 nitrogen and oxygen atoms in total. The van der Waals surface area contributed by atoms with Gasteiger partial charge in [0.25, 0.3) is 5.56 Å². The number of rotatable bonds is 8. The minimum absolute atomic E-state index is 0.0643. The molecular formula is C21H28N4O4. The Morgan fingerprint density at radius 3 is 2.66 bits per heavy atom. The molecule has 0 spiro atoms. The third kappa shape index (κ3) is 5.13. The van der Waals surface area contributed by atoms with Crippen LogP contribution >= 0.6 is 0 Å². The van der Waals surface area contributed by atoms with Crippen molar-refractivity contribution in [2.24, 2.45) is 0 Å². The minimum Gasteiger partial charge on any atom is -0.493 e. The zero-order valence-electron chi connectivity index (χ0n) is 17.2. The van der Waals surface area contributed by atoms with Gasteiger partial charge in [-0.2, -0.15) is 0 Å². The number of benzene rings is 1. The molecule has 0 aliphatic carbocycles. The summed E-state index contributed by atoms with van der Waals surface area (Å²) in [7, 11) is 1.57. The average molecular weight is 400 g/mol. The number of aromatic nitrogens is 3. The van der Waals surface area contributed by atoms with Crippen molar-refractivity contribution in [1.29, 1.82) is 0 Å². The lowest BCUT2D eigenvalue weighted by Crippen LogP contribution is -2.28. The highest BCUT2D eigenvalue weighted by molar-refractivity contribution is 5.76. The number of amides is 1. The molecule has 1 amide bonds. The van der Waals surface area contributed by atoms with Crippen LogP contribution in [0.3, 0.4) is 0 Å². The van der Waals surface area contributed by atoms with E-state index in [-0.39, 0.29) is 36.1 Å². The summed E-state index contributed by atoms with van der Waals surface area (Å²) in [6, 6.07) is 5.36. The normalized spacial score (nSPS) is 14.7. The Hall–Kier alpha value is -2.90. The number of nitrogens with zero attached hydrogens (tertiary/aromatic N) is 3. The van der Waals surface area contributed by atoms with E-state index in [4.69, 9.17) is 9.47 Å². The number of carbonyl (C=O) groups is 1. The number of aryl methyl sites for hydroxylation is 1. The van der Waals surface area contributed by atoms with Crippen molar-refractivity contribution in [3.8, 4) is 22.9 Å². The molecule has 1 N–H and O–H groups in total. The molecule has 1 aliphatic rings. The fourth-order valence-electron chi connectivity index (χ4n) is 3.22. The lowest BCUT2D eigenvalue weighted by atomic mass is 10.2. The molecule has 2 aromatic rings. The van der Waals surface area contributed by atoms with Crippen LogP contribution in [0, 0.1) is 0 Å². The van der Waals surface area contributed by atoms with Crippen molar-refractivity contribution < 1.29 is 14.3 Å². The molecule has 2 heterocycles. The van der Waals surface area contributed by atoms with Crippen LogP contribution in [0.1, 0.15) is 45.2 Å². The maximum atomic E-state index is 12.4. The van der Waals surface area contributed by atoms with Crippen LogP contribution in [0.2, 0.25) is 0 Å². The summed E-state index contributed by atoms with van der Waals surface area (Å²) >= 11 is 0. The van der Waals surface area contributed by atoms with Crippen molar-refractivity contribution in [3.63, 3.8) is 0 Å². The largest absolute Gasteiger partial charge is 0.493 e. The number of nitrogens with one attached hydrogen (secondary N) is 1. The maximum absolute atomic E-state index is 12.4. The smallest absolute Gasteiger partial charge is 0.273 e. The van der Waals surface area contributed by atoms with Gasteiger partial charge in [0.1, 0.15) is 5.69 Å². The average Bonchev–Trinajstić information content (AvgIpc) is 3.27. The van der Waals surface area contributed by atoms with E-state index in [0.29, 0.717) is 22.9 Å². The summed E-state index contributed by atoms with van der Waals surface area (Å²) < 4.78 is 11.3. The number of likely N-dealkylation sites (tertiary alicyclic amines) is 1. The van der Waals surface area contributed by atoms with Gasteiger partial charge in [0.2, 0.25) is 5.91 Å². The van der Waals surface area contributed by atoms with E-state index in [0.717, 1.165) is 32.4 Å². The van der Waals surface area contributed by atoms with Gasteiger partial charge >= 0.3 is 0 Å². The molecule has 1 saturated heterocycles. The zero-order valence-corrected chi connectivity index (χ0v) is 17.2. The molecule has 29 heavy (non-hydrogen) atoms. The van der Waals surface area contributed by atoms with Crippen LogP contribution in [0.15, 0.2) is 23.0 Å². The number of H-pyrrole nitrogens is 1. The van der Waals surface area contributed by atoms with Gasteiger partial charge in [0, 0.05) is 31.5 Å². The maximum Gasteiger partial charge on any atom is 0.273 e. The fourth-order valence-corrected chi connectivity index (χ4v) is 3.22. The number of carbonyl (C=O) groups excluding carboxylic acids is 1. The first-order chi connectivity index (χ1) is 14.0. The van der Waals surface area contributed by atoms with Crippen molar-refractivity contribution in [3.05, 3.63) is 34.2 Å². The van der Waals surface area contributed by atoms with Crippen LogP contribution in [-0.4, -0.2) is 52.3 Å². The second kappa shape index (κ2) is 9.54. The molecule has 1 aromatic carbocycles. The van der Waals surface area contributed by atoms with E-state index in [1.165, 1.54) is 0 Å². The summed E-state index contributed by atoms with van der Waals surface area (Å²) in [6.45, 7) is 5.65. The Labute approximate surface area is 170 Å². The Bertz CT molecular complexity index is 906. The molecular weight excluding hydrogens is 372 g/mol. The van der Waals surface area contributed by atoms with Gasteiger partial charge in [0.05, 0.1) is 13.2 Å². The summed E-state index contributed by atoms with van der Waals surface area (Å²) in [6.07, 6.45) is 3.59. The Kier molecular flexibility index (Phi) is 6.85. The Balaban J connectivity index is 1.72. The number of aromatic amines is 1. The van der Waals surface area contributed by atoms with Crippen LogP contribution in [-0.2, 0) is 11.2 Å². The van der Waals surface area contributed by atoms with Gasteiger partial charge in [0.15, 0.2) is 17.3 Å². The quantitative estimate of drug-likeness (QED) is 0.731. The van der Waals surface area contributed by atoms with Gasteiger partial charge in [-0.3, -0.25) is 9.59 Å². The second-order valence-corrected chi connectivity index (χ2v) is 7.24. The molecule has 1 aromatic heterocycles. The SMILES string of the molecule is CCC(C)Oc1ccc(-c2nnc(CCC(=O)N3CCCC3)c(=O)[nH]2)cc1OC. The van der Waals surface area contributed by atoms with Gasteiger partial charge in [-0.25, -0.2) is 0 Å². The third-order valence-corrected chi connectivity index (χ3v) is 5.14. The fraction of sp³-hybridized carbons (Fsp3) is 0.524. The summed E-state index contributed by atoms with van der Waals surface area (Å²) in [5, 5.41) is 8.20. The first-order valence-electron chi connectivity index (χ1n) is 10.1. The predicted molar refractivity (Wildman–Crippen MR) is 109 cm³/mol. The first-order valence-corrected chi connectivity index (χ1v) is 10.1. The van der Waals surface area contributed by atoms with Crippen LogP contribution < -0.4 is 15.0 Å². The molecule has 1 unspecified atom stereocenters. The third-order valence-electron chi connectivity index (χ3n) is 5.14. The number of hydrogen-bond acceptors (Lipinski definition) is 6. The molecule has 1 atom stereocenters. The molecule has 1 fully saturated rings. The van der Waals surface area contributed by atoms with E-state index in [2.05, 4.69) is 15.2 Å². The molecule has 0 saturated carbocycles. The second-order valence-electron chi connectivity index (χ2n) is 7.24. The van der Waals surface area contributed by atoms with Gasteiger partial charge in [-0.15, -0.1) is 10.2 Å². The highest BCUT2D eigenvalue weighted by Gasteiger charge is 2.19. The lowest BCUT2D eigenvalue weighted by molar-refractivity contribution is -0.130. The zero-order chi connectivity index (χ0) is 20.8. The number of hydrogen-bond donors (Lipinski definition) is 1. The van der Waals surface area contributed by atoms with E-state index >= 15 is 0 Å². The summed E-state index contributed by atoms with van der Waals surface area (Å²) in [4.78, 5) is 29.2.